The van der Waals surface area contributed by atoms with Crippen LogP contribution in [0.2, 0.25) is 0 Å². The van der Waals surface area contributed by atoms with Gasteiger partial charge in [0.2, 0.25) is 11.8 Å². The molecule has 1 aliphatic heterocycles. The molecule has 0 radical (unpaired) electrons. The van der Waals surface area contributed by atoms with Crippen LogP contribution in [0.1, 0.15) is 34.6 Å². The Morgan fingerprint density at radius 3 is 2.69 bits per heavy atom. The highest BCUT2D eigenvalue weighted by Gasteiger charge is 2.38. The van der Waals surface area contributed by atoms with Gasteiger partial charge in [-0.3, -0.25) is 14.8 Å². The molecule has 1 heterocycles. The largest absolute Gasteiger partial charge is 0.337 e. The molecule has 0 spiro atoms. The number of amides is 2. The number of nitrogens with zero attached hydrogens (tertiary/aromatic N) is 1. The number of benzene rings is 2. The molecular weight excluding hydrogens is 373 g/mol. The van der Waals surface area contributed by atoms with E-state index in [4.69, 9.17) is 5.21 Å². The molecule has 2 aromatic carbocycles. The predicted octanol–water partition coefficient (Wildman–Crippen LogP) is 1.90. The number of hydroxylamine groups is 1. The van der Waals surface area contributed by atoms with Crippen molar-refractivity contribution in [3.8, 4) is 0 Å². The van der Waals surface area contributed by atoms with Gasteiger partial charge in [-0.2, -0.15) is 0 Å². The van der Waals surface area contributed by atoms with Crippen LogP contribution in [0, 0.1) is 5.82 Å². The number of halogens is 1. The van der Waals surface area contributed by atoms with Crippen molar-refractivity contribution >= 4 is 11.8 Å². The molecule has 1 aliphatic carbocycles. The fourth-order valence-corrected chi connectivity index (χ4v) is 3.99. The van der Waals surface area contributed by atoms with Crippen LogP contribution in [0.3, 0.4) is 0 Å². The third-order valence-corrected chi connectivity index (χ3v) is 5.73. The van der Waals surface area contributed by atoms with Gasteiger partial charge in [-0.25, -0.2) is 9.87 Å². The Balaban J connectivity index is 1.30. The lowest BCUT2D eigenvalue weighted by molar-refractivity contribution is -0.131. The Hall–Kier alpha value is -2.77. The average Bonchev–Trinajstić information content (AvgIpc) is 3.51. The maximum absolute atomic E-state index is 13.0. The normalized spacial score (nSPS) is 20.1. The van der Waals surface area contributed by atoms with Crippen LogP contribution >= 0.6 is 0 Å². The Bertz CT molecular complexity index is 916. The molecule has 4 rings (SSSR count). The minimum absolute atomic E-state index is 0.0545. The van der Waals surface area contributed by atoms with Gasteiger partial charge < -0.3 is 10.2 Å². The topological polar surface area (TPSA) is 81.7 Å². The summed E-state index contributed by atoms with van der Waals surface area (Å²) in [5.74, 6) is -0.303. The molecular formula is C22H24FN3O3. The first-order chi connectivity index (χ1) is 14.0. The van der Waals surface area contributed by atoms with Gasteiger partial charge >= 0.3 is 0 Å². The van der Waals surface area contributed by atoms with Gasteiger partial charge in [0.05, 0.1) is 13.0 Å². The average molecular weight is 397 g/mol. The van der Waals surface area contributed by atoms with Crippen molar-refractivity contribution in [2.45, 2.75) is 37.8 Å². The summed E-state index contributed by atoms with van der Waals surface area (Å²) >= 11 is 0. The SMILES string of the molecule is O=C(Cc1ccc2c(c1)CN(C(=O)CNC1CC1c1ccc(F)cc1)CC2)NO. The van der Waals surface area contributed by atoms with E-state index in [1.807, 2.05) is 23.1 Å². The fraction of sp³-hybridized carbons (Fsp3) is 0.364. The lowest BCUT2D eigenvalue weighted by Crippen LogP contribution is -2.41. The van der Waals surface area contributed by atoms with Crippen molar-refractivity contribution in [1.82, 2.24) is 15.7 Å². The van der Waals surface area contributed by atoms with E-state index in [2.05, 4.69) is 5.32 Å². The van der Waals surface area contributed by atoms with E-state index in [0.29, 0.717) is 19.0 Å². The van der Waals surface area contributed by atoms with E-state index in [1.54, 1.807) is 17.6 Å². The first kappa shape index (κ1) is 19.5. The summed E-state index contributed by atoms with van der Waals surface area (Å²) in [6.07, 6.45) is 1.85. The minimum Gasteiger partial charge on any atom is -0.337 e. The quantitative estimate of drug-likeness (QED) is 0.514. The third kappa shape index (κ3) is 4.63. The van der Waals surface area contributed by atoms with E-state index in [-0.39, 0.29) is 30.7 Å². The van der Waals surface area contributed by atoms with Gasteiger partial charge in [0.25, 0.3) is 0 Å². The summed E-state index contributed by atoms with van der Waals surface area (Å²) < 4.78 is 13.0. The number of hydrogen-bond donors (Lipinski definition) is 3. The first-order valence-electron chi connectivity index (χ1n) is 9.83. The molecule has 2 amide bonds. The number of carbonyl (C=O) groups is 2. The van der Waals surface area contributed by atoms with Crippen molar-refractivity contribution in [3.05, 3.63) is 70.5 Å². The van der Waals surface area contributed by atoms with E-state index in [9.17, 15) is 14.0 Å². The molecule has 0 aromatic heterocycles. The number of fused-ring (bicyclic) bond motifs is 1. The van der Waals surface area contributed by atoms with Crippen LogP contribution < -0.4 is 10.8 Å². The minimum atomic E-state index is -0.460. The van der Waals surface area contributed by atoms with Gasteiger partial charge in [0.15, 0.2) is 0 Å². The van der Waals surface area contributed by atoms with Crippen molar-refractivity contribution in [2.24, 2.45) is 0 Å². The van der Waals surface area contributed by atoms with Crippen LogP contribution in [0.5, 0.6) is 0 Å². The maximum Gasteiger partial charge on any atom is 0.247 e. The van der Waals surface area contributed by atoms with Crippen LogP contribution in [-0.4, -0.2) is 41.1 Å². The summed E-state index contributed by atoms with van der Waals surface area (Å²) in [6.45, 7) is 1.48. The summed E-state index contributed by atoms with van der Waals surface area (Å²) in [7, 11) is 0. The molecule has 29 heavy (non-hydrogen) atoms. The predicted molar refractivity (Wildman–Crippen MR) is 105 cm³/mol. The van der Waals surface area contributed by atoms with E-state index >= 15 is 0 Å². The zero-order valence-electron chi connectivity index (χ0n) is 16.0. The zero-order chi connectivity index (χ0) is 20.4. The second-order valence-electron chi connectivity index (χ2n) is 7.76. The number of hydrogen-bond acceptors (Lipinski definition) is 4. The molecule has 2 unspecified atom stereocenters. The number of rotatable bonds is 6. The second-order valence-corrected chi connectivity index (χ2v) is 7.76. The van der Waals surface area contributed by atoms with Crippen molar-refractivity contribution in [1.29, 1.82) is 0 Å². The van der Waals surface area contributed by atoms with Crippen LogP contribution in [0.4, 0.5) is 4.39 Å². The summed E-state index contributed by atoms with van der Waals surface area (Å²) in [4.78, 5) is 25.9. The monoisotopic (exact) mass is 397 g/mol. The van der Waals surface area contributed by atoms with Gasteiger partial charge in [-0.1, -0.05) is 30.3 Å². The van der Waals surface area contributed by atoms with E-state index in [0.717, 1.165) is 29.5 Å². The fourth-order valence-electron chi connectivity index (χ4n) is 3.99. The molecule has 0 bridgehead atoms. The first-order valence-corrected chi connectivity index (χ1v) is 9.83. The van der Waals surface area contributed by atoms with Crippen LogP contribution in [-0.2, 0) is 29.0 Å². The molecule has 3 N–H and O–H groups in total. The molecule has 1 fully saturated rings. The Morgan fingerprint density at radius 1 is 1.14 bits per heavy atom. The van der Waals surface area contributed by atoms with Crippen molar-refractivity contribution in [2.75, 3.05) is 13.1 Å². The van der Waals surface area contributed by atoms with Crippen LogP contribution in [0.25, 0.3) is 0 Å². The van der Waals surface area contributed by atoms with Gasteiger partial charge in [-0.15, -0.1) is 0 Å². The molecule has 6 nitrogen and oxygen atoms in total. The zero-order valence-corrected chi connectivity index (χ0v) is 16.0. The Kier molecular flexibility index (Phi) is 5.60. The Morgan fingerprint density at radius 2 is 1.93 bits per heavy atom. The highest BCUT2D eigenvalue weighted by atomic mass is 19.1. The molecule has 2 aliphatic rings. The van der Waals surface area contributed by atoms with Crippen LogP contribution in [0.15, 0.2) is 42.5 Å². The Labute approximate surface area is 168 Å². The van der Waals surface area contributed by atoms with E-state index in [1.165, 1.54) is 17.7 Å². The molecule has 1 saturated carbocycles. The lowest BCUT2D eigenvalue weighted by Gasteiger charge is -2.29. The molecule has 7 heteroatoms. The highest BCUT2D eigenvalue weighted by molar-refractivity contribution is 5.79. The maximum atomic E-state index is 13.0. The van der Waals surface area contributed by atoms with Gasteiger partial charge in [-0.05, 0) is 47.2 Å². The molecule has 2 aromatic rings. The molecule has 0 saturated heterocycles. The third-order valence-electron chi connectivity index (χ3n) is 5.73. The van der Waals surface area contributed by atoms with Crippen molar-refractivity contribution in [3.63, 3.8) is 0 Å². The number of nitrogens with one attached hydrogen (secondary N) is 2. The summed E-state index contributed by atoms with van der Waals surface area (Å²) in [6, 6.07) is 12.6. The molecule has 152 valence electrons. The van der Waals surface area contributed by atoms with Gasteiger partial charge in [0, 0.05) is 25.0 Å². The summed E-state index contributed by atoms with van der Waals surface area (Å²) in [5.41, 5.74) is 5.78. The smallest absolute Gasteiger partial charge is 0.247 e. The summed E-state index contributed by atoms with van der Waals surface area (Å²) in [5, 5.41) is 12.0. The van der Waals surface area contributed by atoms with Gasteiger partial charge in [0.1, 0.15) is 5.82 Å². The molecule has 2 atom stereocenters. The number of carbonyl (C=O) groups excluding carboxylic acids is 2. The standard InChI is InChI=1S/C22H24FN3O3/c23-18-5-3-16(4-6-18)19-11-20(19)24-12-22(28)26-8-7-15-2-1-14(9-17(15)13-26)10-21(27)25-29/h1-6,9,19-20,24,29H,7-8,10-13H2,(H,25,27). The highest BCUT2D eigenvalue weighted by Crippen LogP contribution is 2.40. The lowest BCUT2D eigenvalue weighted by atomic mass is 9.96. The second kappa shape index (κ2) is 8.31. The van der Waals surface area contributed by atoms with E-state index < -0.39 is 5.91 Å². The van der Waals surface area contributed by atoms with Crippen molar-refractivity contribution < 1.29 is 19.2 Å².